The number of aromatic nitrogens is 4. The van der Waals surface area contributed by atoms with Crippen molar-refractivity contribution in [1.82, 2.24) is 19.9 Å². The first-order chi connectivity index (χ1) is 12.3. The van der Waals surface area contributed by atoms with Crippen LogP contribution in [-0.4, -0.2) is 19.9 Å². The van der Waals surface area contributed by atoms with Crippen molar-refractivity contribution in [2.75, 3.05) is 0 Å². The van der Waals surface area contributed by atoms with Crippen molar-refractivity contribution in [3.63, 3.8) is 0 Å². The molecule has 25 heavy (non-hydrogen) atoms. The highest BCUT2D eigenvalue weighted by Crippen LogP contribution is 2.34. The molecule has 0 atom stereocenters. The molecule has 0 aliphatic heterocycles. The van der Waals surface area contributed by atoms with Crippen LogP contribution in [0.4, 0.5) is 0 Å². The maximum Gasteiger partial charge on any atom is 0.120 e. The van der Waals surface area contributed by atoms with Gasteiger partial charge in [-0.3, -0.25) is 0 Å². The number of thiophene rings is 1. The zero-order valence-electron chi connectivity index (χ0n) is 13.5. The third-order valence-corrected chi connectivity index (χ3v) is 5.16. The second kappa shape index (κ2) is 6.64. The molecular weight excluding hydrogens is 332 g/mol. The van der Waals surface area contributed by atoms with Crippen molar-refractivity contribution in [2.45, 2.75) is 13.1 Å². The fourth-order valence-electron chi connectivity index (χ4n) is 2.66. The molecule has 3 heterocycles. The first-order valence-electron chi connectivity index (χ1n) is 7.95. The topological polar surface area (TPSA) is 109 Å². The van der Waals surface area contributed by atoms with Gasteiger partial charge in [-0.2, -0.15) is 0 Å². The van der Waals surface area contributed by atoms with E-state index in [9.17, 15) is 0 Å². The zero-order valence-corrected chi connectivity index (χ0v) is 14.3. The Bertz CT molecular complexity index is 979. The normalized spacial score (nSPS) is 11.1. The van der Waals surface area contributed by atoms with Crippen LogP contribution in [0.25, 0.3) is 32.3 Å². The Morgan fingerprint density at radius 2 is 1.28 bits per heavy atom. The van der Waals surface area contributed by atoms with Gasteiger partial charge in [-0.1, -0.05) is 24.3 Å². The van der Waals surface area contributed by atoms with E-state index in [1.807, 2.05) is 12.4 Å². The van der Waals surface area contributed by atoms with Gasteiger partial charge in [0.1, 0.15) is 11.6 Å². The molecule has 6 N–H and O–H groups in total. The molecule has 1 aromatic carbocycles. The number of nitrogens with two attached hydrogens (primary N) is 2. The molecule has 3 aromatic heterocycles. The van der Waals surface area contributed by atoms with Crippen molar-refractivity contribution in [3.8, 4) is 32.3 Å². The van der Waals surface area contributed by atoms with Crippen LogP contribution in [0.2, 0.25) is 0 Å². The Morgan fingerprint density at radius 1 is 0.720 bits per heavy atom. The Balaban J connectivity index is 1.58. The van der Waals surface area contributed by atoms with Crippen LogP contribution < -0.4 is 11.5 Å². The first kappa shape index (κ1) is 15.8. The second-order valence-corrected chi connectivity index (χ2v) is 6.72. The molecule has 4 rings (SSSR count). The predicted molar refractivity (Wildman–Crippen MR) is 101 cm³/mol. The summed E-state index contributed by atoms with van der Waals surface area (Å²) in [5.74, 6) is 1.59. The summed E-state index contributed by atoms with van der Waals surface area (Å²) in [5, 5.41) is 0. The quantitative estimate of drug-likeness (QED) is 0.443. The largest absolute Gasteiger partial charge is 0.341 e. The highest BCUT2D eigenvalue weighted by molar-refractivity contribution is 7.18. The van der Waals surface area contributed by atoms with Crippen molar-refractivity contribution >= 4 is 11.3 Å². The van der Waals surface area contributed by atoms with E-state index in [1.54, 1.807) is 11.3 Å². The van der Waals surface area contributed by atoms with Gasteiger partial charge in [0.25, 0.3) is 0 Å². The highest BCUT2D eigenvalue weighted by atomic mass is 32.1. The van der Waals surface area contributed by atoms with E-state index in [0.717, 1.165) is 33.5 Å². The predicted octanol–water partition coefficient (Wildman–Crippen LogP) is 3.11. The number of nitrogens with zero attached hydrogens (tertiary/aromatic N) is 2. The van der Waals surface area contributed by atoms with Gasteiger partial charge >= 0.3 is 0 Å². The number of imidazole rings is 2. The highest BCUT2D eigenvalue weighted by Gasteiger charge is 2.08. The van der Waals surface area contributed by atoms with Crippen molar-refractivity contribution in [2.24, 2.45) is 11.5 Å². The molecule has 0 aliphatic carbocycles. The molecule has 126 valence electrons. The molecular formula is C18H18N6S. The summed E-state index contributed by atoms with van der Waals surface area (Å²) in [7, 11) is 0. The molecule has 4 aromatic rings. The van der Waals surface area contributed by atoms with Crippen LogP contribution in [0.5, 0.6) is 0 Å². The fourth-order valence-corrected chi connectivity index (χ4v) is 3.63. The van der Waals surface area contributed by atoms with E-state index in [0.29, 0.717) is 13.1 Å². The molecule has 0 saturated heterocycles. The van der Waals surface area contributed by atoms with Gasteiger partial charge < -0.3 is 21.4 Å². The van der Waals surface area contributed by atoms with E-state index >= 15 is 0 Å². The van der Waals surface area contributed by atoms with Crippen LogP contribution in [0, 0.1) is 0 Å². The number of benzene rings is 1. The third-order valence-electron chi connectivity index (χ3n) is 4.00. The zero-order chi connectivity index (χ0) is 17.2. The second-order valence-electron chi connectivity index (χ2n) is 5.64. The molecule has 0 spiro atoms. The molecule has 7 heteroatoms. The lowest BCUT2D eigenvalue weighted by Gasteiger charge is -2.01. The maximum atomic E-state index is 5.61. The minimum atomic E-state index is 0.412. The molecule has 0 radical (unpaired) electrons. The van der Waals surface area contributed by atoms with E-state index in [2.05, 4.69) is 56.3 Å². The summed E-state index contributed by atoms with van der Waals surface area (Å²) < 4.78 is 0. The molecule has 0 bridgehead atoms. The Morgan fingerprint density at radius 3 is 1.92 bits per heavy atom. The summed E-state index contributed by atoms with van der Waals surface area (Å²) in [4.78, 5) is 17.3. The van der Waals surface area contributed by atoms with Gasteiger partial charge in [-0.05, 0) is 23.3 Å². The molecule has 0 saturated carbocycles. The van der Waals surface area contributed by atoms with E-state index in [-0.39, 0.29) is 0 Å². The standard InChI is InChI=1S/C18H18N6S/c19-7-17-21-9-13(23-17)11-1-3-12(4-2-11)15-5-6-16(25-15)14-10-22-18(8-20)24-14/h1-6,9-10H,7-8,19-20H2,(H,21,23)(H,22,24). The summed E-state index contributed by atoms with van der Waals surface area (Å²) >= 11 is 1.72. The Kier molecular flexibility index (Phi) is 4.19. The van der Waals surface area contributed by atoms with E-state index < -0.39 is 0 Å². The van der Waals surface area contributed by atoms with Crippen LogP contribution >= 0.6 is 11.3 Å². The van der Waals surface area contributed by atoms with Gasteiger partial charge in [0.05, 0.1) is 41.7 Å². The van der Waals surface area contributed by atoms with Crippen molar-refractivity contribution in [3.05, 3.63) is 60.4 Å². The van der Waals surface area contributed by atoms with Crippen molar-refractivity contribution in [1.29, 1.82) is 0 Å². The van der Waals surface area contributed by atoms with E-state index in [1.165, 1.54) is 10.4 Å². The van der Waals surface area contributed by atoms with Crippen LogP contribution in [0.1, 0.15) is 11.6 Å². The van der Waals surface area contributed by atoms with Crippen LogP contribution in [-0.2, 0) is 13.1 Å². The maximum absolute atomic E-state index is 5.61. The number of aromatic amines is 2. The lowest BCUT2D eigenvalue weighted by atomic mass is 10.1. The van der Waals surface area contributed by atoms with Gasteiger partial charge in [-0.25, -0.2) is 9.97 Å². The third kappa shape index (κ3) is 3.12. The average Bonchev–Trinajstić information content (AvgIpc) is 3.41. The van der Waals surface area contributed by atoms with Gasteiger partial charge in [0.15, 0.2) is 0 Å². The first-order valence-corrected chi connectivity index (χ1v) is 8.77. The minimum Gasteiger partial charge on any atom is -0.341 e. The Labute approximate surface area is 149 Å². The van der Waals surface area contributed by atoms with Gasteiger partial charge in [-0.15, -0.1) is 11.3 Å². The molecule has 0 unspecified atom stereocenters. The molecule has 0 aliphatic rings. The lowest BCUT2D eigenvalue weighted by molar-refractivity contribution is 0.950. The van der Waals surface area contributed by atoms with Crippen LogP contribution in [0.15, 0.2) is 48.8 Å². The number of hydrogen-bond acceptors (Lipinski definition) is 5. The minimum absolute atomic E-state index is 0.412. The summed E-state index contributed by atoms with van der Waals surface area (Å²) in [6.45, 7) is 0.828. The average molecular weight is 350 g/mol. The number of hydrogen-bond donors (Lipinski definition) is 4. The van der Waals surface area contributed by atoms with Crippen LogP contribution in [0.3, 0.4) is 0 Å². The molecule has 6 nitrogen and oxygen atoms in total. The summed E-state index contributed by atoms with van der Waals surface area (Å²) in [6.07, 6.45) is 3.64. The summed E-state index contributed by atoms with van der Waals surface area (Å²) in [5.41, 5.74) is 15.4. The Hall–Kier alpha value is -2.74. The summed E-state index contributed by atoms with van der Waals surface area (Å²) in [6, 6.07) is 12.6. The lowest BCUT2D eigenvalue weighted by Crippen LogP contribution is -1.97. The number of nitrogens with one attached hydrogen (secondary N) is 2. The SMILES string of the molecule is NCc1ncc(-c2ccc(-c3ccc(-c4cnc(CN)[nH]4)s3)cc2)[nH]1. The smallest absolute Gasteiger partial charge is 0.120 e. The fraction of sp³-hybridized carbons (Fsp3) is 0.111. The van der Waals surface area contributed by atoms with Crippen molar-refractivity contribution < 1.29 is 0 Å². The van der Waals surface area contributed by atoms with E-state index in [4.69, 9.17) is 11.5 Å². The molecule has 0 fully saturated rings. The number of H-pyrrole nitrogens is 2. The van der Waals surface area contributed by atoms with Gasteiger partial charge in [0.2, 0.25) is 0 Å². The molecule has 0 amide bonds. The van der Waals surface area contributed by atoms with Gasteiger partial charge in [0, 0.05) is 4.88 Å². The number of rotatable bonds is 5. The monoisotopic (exact) mass is 350 g/mol.